The molecule has 1 spiro atoms. The number of morpholine rings is 1. The Morgan fingerprint density at radius 1 is 0.957 bits per heavy atom. The first-order valence-corrected chi connectivity index (χ1v) is 15.5. The van der Waals surface area contributed by atoms with E-state index in [2.05, 4.69) is 39.2 Å². The van der Waals surface area contributed by atoms with Crippen molar-refractivity contribution in [2.45, 2.75) is 55.9 Å². The highest BCUT2D eigenvalue weighted by Crippen LogP contribution is 2.38. The molecule has 6 rings (SSSR count). The summed E-state index contributed by atoms with van der Waals surface area (Å²) in [7, 11) is 0. The van der Waals surface area contributed by atoms with Gasteiger partial charge in [-0.15, -0.1) is 0 Å². The van der Waals surface area contributed by atoms with Crippen LogP contribution in [0.15, 0.2) is 91.3 Å². The van der Waals surface area contributed by atoms with Gasteiger partial charge in [0.1, 0.15) is 17.7 Å². The molecule has 0 bridgehead atoms. The van der Waals surface area contributed by atoms with Gasteiger partial charge in [-0.05, 0) is 53.8 Å². The molecule has 0 radical (unpaired) electrons. The molecule has 1 saturated heterocycles. The van der Waals surface area contributed by atoms with Gasteiger partial charge >= 0.3 is 0 Å². The third-order valence-corrected chi connectivity index (χ3v) is 8.73. The maximum absolute atomic E-state index is 15.2. The summed E-state index contributed by atoms with van der Waals surface area (Å²) in [6, 6.07) is 20.2. The van der Waals surface area contributed by atoms with E-state index in [1.807, 2.05) is 18.2 Å². The summed E-state index contributed by atoms with van der Waals surface area (Å²) in [6.45, 7) is 2.13. The highest BCUT2D eigenvalue weighted by atomic mass is 19.1. The van der Waals surface area contributed by atoms with Crippen LogP contribution in [0.2, 0.25) is 0 Å². The van der Waals surface area contributed by atoms with Crippen LogP contribution in [-0.2, 0) is 16.1 Å². The Morgan fingerprint density at radius 3 is 2.22 bits per heavy atom. The topological polar surface area (TPSA) is 80.5 Å². The minimum absolute atomic E-state index is 0.0279. The Labute approximate surface area is 266 Å². The third kappa shape index (κ3) is 7.31. The van der Waals surface area contributed by atoms with Gasteiger partial charge in [-0.1, -0.05) is 79.3 Å². The number of nitrogens with zero attached hydrogens (tertiary/aromatic N) is 2. The Bertz CT molecular complexity index is 1670. The standard InChI is InChI=1S/C37H35F3N4O2/c38-28-12-8-26(9-13-28)34(27-10-14-29(39)15-11-27)35(41)36(45)43-33-21-42-20-32(40)31(33)17-16-30-23-44(22-25-6-2-1-3-7-25)24-37(46-30)18-4-5-19-37/h1-3,6-15,20-21,30,34-35H,4-5,18-19,22-24,41H2,(H,43,45). The number of halogens is 3. The molecule has 4 aromatic rings. The molecule has 1 aliphatic heterocycles. The minimum atomic E-state index is -1.20. The van der Waals surface area contributed by atoms with Crippen molar-refractivity contribution >= 4 is 11.6 Å². The highest BCUT2D eigenvalue weighted by Gasteiger charge is 2.42. The summed E-state index contributed by atoms with van der Waals surface area (Å²) < 4.78 is 49.2. The fourth-order valence-corrected chi connectivity index (χ4v) is 6.54. The number of nitrogens with one attached hydrogen (secondary N) is 1. The number of aromatic nitrogens is 1. The van der Waals surface area contributed by atoms with Gasteiger partial charge in [-0.2, -0.15) is 0 Å². The number of hydrogen-bond donors (Lipinski definition) is 2. The Balaban J connectivity index is 1.24. The molecule has 3 aromatic carbocycles. The number of carbonyl (C=O) groups excluding carboxylic acids is 1. The Kier molecular flexibility index (Phi) is 9.50. The summed E-state index contributed by atoms with van der Waals surface area (Å²) in [5.41, 5.74) is 8.57. The number of pyridine rings is 1. The van der Waals surface area contributed by atoms with E-state index in [1.54, 1.807) is 0 Å². The number of hydrogen-bond acceptors (Lipinski definition) is 5. The van der Waals surface area contributed by atoms with Crippen molar-refractivity contribution in [3.8, 4) is 11.8 Å². The van der Waals surface area contributed by atoms with Crippen LogP contribution in [0.1, 0.15) is 53.9 Å². The lowest BCUT2D eigenvalue weighted by molar-refractivity contribution is -0.133. The number of rotatable bonds is 7. The van der Waals surface area contributed by atoms with Crippen LogP contribution in [0.4, 0.5) is 18.9 Å². The van der Waals surface area contributed by atoms with Gasteiger partial charge in [-0.3, -0.25) is 14.7 Å². The fraction of sp³-hybridized carbons (Fsp3) is 0.297. The van der Waals surface area contributed by atoms with E-state index in [1.165, 1.54) is 60.3 Å². The second kappa shape index (κ2) is 13.9. The van der Waals surface area contributed by atoms with Crippen LogP contribution in [0, 0.1) is 29.3 Å². The maximum Gasteiger partial charge on any atom is 0.242 e. The molecule has 1 aromatic heterocycles. The molecule has 2 fully saturated rings. The van der Waals surface area contributed by atoms with Gasteiger partial charge in [0.05, 0.1) is 35.3 Å². The molecule has 2 aliphatic rings. The van der Waals surface area contributed by atoms with Gasteiger partial charge in [0, 0.05) is 25.6 Å². The molecule has 236 valence electrons. The average Bonchev–Trinajstić information content (AvgIpc) is 3.49. The van der Waals surface area contributed by atoms with Crippen molar-refractivity contribution < 1.29 is 22.7 Å². The van der Waals surface area contributed by atoms with E-state index in [-0.39, 0.29) is 16.9 Å². The summed E-state index contributed by atoms with van der Waals surface area (Å²) in [4.78, 5) is 19.9. The van der Waals surface area contributed by atoms with Crippen molar-refractivity contribution in [3.05, 3.63) is 131 Å². The number of benzene rings is 3. The predicted molar refractivity (Wildman–Crippen MR) is 170 cm³/mol. The van der Waals surface area contributed by atoms with Crippen molar-refractivity contribution in [2.24, 2.45) is 5.73 Å². The SMILES string of the molecule is NC(C(=O)Nc1cncc(F)c1C#CC1CN(Cc2ccccc2)CC2(CCCC2)O1)C(c1ccc(F)cc1)c1ccc(F)cc1. The van der Waals surface area contributed by atoms with E-state index in [4.69, 9.17) is 10.5 Å². The van der Waals surface area contributed by atoms with Gasteiger partial charge < -0.3 is 15.8 Å². The highest BCUT2D eigenvalue weighted by molar-refractivity contribution is 5.96. The van der Waals surface area contributed by atoms with Crippen LogP contribution in [-0.4, -0.2) is 46.6 Å². The van der Waals surface area contributed by atoms with E-state index in [0.717, 1.165) is 45.0 Å². The van der Waals surface area contributed by atoms with Crippen molar-refractivity contribution in [1.29, 1.82) is 0 Å². The lowest BCUT2D eigenvalue weighted by Crippen LogP contribution is -2.53. The minimum Gasteiger partial charge on any atom is -0.356 e. The molecule has 3 N–H and O–H groups in total. The lowest BCUT2D eigenvalue weighted by atomic mass is 9.85. The number of carbonyl (C=O) groups is 1. The van der Waals surface area contributed by atoms with Gasteiger partial charge in [0.2, 0.25) is 5.91 Å². The number of ether oxygens (including phenoxy) is 1. The maximum atomic E-state index is 15.2. The van der Waals surface area contributed by atoms with Crippen LogP contribution in [0.25, 0.3) is 0 Å². The number of nitrogens with two attached hydrogens (primary N) is 1. The largest absolute Gasteiger partial charge is 0.356 e. The molecule has 2 unspecified atom stereocenters. The summed E-state index contributed by atoms with van der Waals surface area (Å²) in [6.07, 6.45) is 5.98. The van der Waals surface area contributed by atoms with Crippen molar-refractivity contribution in [3.63, 3.8) is 0 Å². The van der Waals surface area contributed by atoms with Crippen molar-refractivity contribution in [1.82, 2.24) is 9.88 Å². The second-order valence-corrected chi connectivity index (χ2v) is 12.1. The Morgan fingerprint density at radius 2 is 1.59 bits per heavy atom. The zero-order valence-electron chi connectivity index (χ0n) is 25.3. The van der Waals surface area contributed by atoms with Crippen LogP contribution in [0.5, 0.6) is 0 Å². The van der Waals surface area contributed by atoms with Crippen LogP contribution < -0.4 is 11.1 Å². The molecule has 2 heterocycles. The quantitative estimate of drug-likeness (QED) is 0.241. The molecular weight excluding hydrogens is 589 g/mol. The second-order valence-electron chi connectivity index (χ2n) is 12.1. The van der Waals surface area contributed by atoms with Crippen LogP contribution in [0.3, 0.4) is 0 Å². The van der Waals surface area contributed by atoms with E-state index in [0.29, 0.717) is 17.7 Å². The molecule has 2 atom stereocenters. The predicted octanol–water partition coefficient (Wildman–Crippen LogP) is 6.16. The number of amides is 1. The average molecular weight is 625 g/mol. The van der Waals surface area contributed by atoms with Gasteiger partial charge in [0.15, 0.2) is 5.82 Å². The zero-order chi connectivity index (χ0) is 32.1. The van der Waals surface area contributed by atoms with Gasteiger partial charge in [-0.25, -0.2) is 13.2 Å². The third-order valence-electron chi connectivity index (χ3n) is 8.73. The first-order valence-electron chi connectivity index (χ1n) is 15.5. The molecule has 1 saturated carbocycles. The summed E-state index contributed by atoms with van der Waals surface area (Å²) in [5.74, 6) is 3.11. The molecule has 9 heteroatoms. The normalized spacial score (nSPS) is 18.2. The van der Waals surface area contributed by atoms with E-state index >= 15 is 4.39 Å². The number of anilines is 1. The fourth-order valence-electron chi connectivity index (χ4n) is 6.54. The smallest absolute Gasteiger partial charge is 0.242 e. The summed E-state index contributed by atoms with van der Waals surface area (Å²) in [5, 5.41) is 2.70. The monoisotopic (exact) mass is 624 g/mol. The van der Waals surface area contributed by atoms with Crippen LogP contribution >= 0.6 is 0 Å². The van der Waals surface area contributed by atoms with E-state index < -0.39 is 41.4 Å². The molecule has 1 amide bonds. The van der Waals surface area contributed by atoms with Gasteiger partial charge in [0.25, 0.3) is 0 Å². The lowest BCUT2D eigenvalue weighted by Gasteiger charge is -2.43. The molecule has 1 aliphatic carbocycles. The molecule has 46 heavy (non-hydrogen) atoms. The van der Waals surface area contributed by atoms with Crippen molar-refractivity contribution in [2.75, 3.05) is 18.4 Å². The zero-order valence-corrected chi connectivity index (χ0v) is 25.3. The summed E-state index contributed by atoms with van der Waals surface area (Å²) >= 11 is 0. The van der Waals surface area contributed by atoms with E-state index in [9.17, 15) is 13.6 Å². The first kappa shape index (κ1) is 31.5. The first-order chi connectivity index (χ1) is 22.3. The molecular formula is C37H35F3N4O2. The molecule has 6 nitrogen and oxygen atoms in total. The Hall–Kier alpha value is -4.49.